The minimum absolute atomic E-state index is 0.732. The first kappa shape index (κ1) is 16.4. The summed E-state index contributed by atoms with van der Waals surface area (Å²) < 4.78 is 0. The molecule has 4 N–H and O–H groups in total. The monoisotopic (exact) mass is 249 g/mol. The number of aryl methyl sites for hydroxylation is 1. The van der Waals surface area contributed by atoms with Crippen molar-refractivity contribution in [1.82, 2.24) is 4.90 Å². The lowest BCUT2D eigenvalue weighted by Crippen LogP contribution is -2.02. The first-order valence-electron chi connectivity index (χ1n) is 6.57. The van der Waals surface area contributed by atoms with Crippen LogP contribution >= 0.6 is 0 Å². The molecule has 0 bridgehead atoms. The Kier molecular flexibility index (Phi) is 7.68. The maximum atomic E-state index is 5.92. The predicted octanol–water partition coefficient (Wildman–Crippen LogP) is 3.36. The normalized spacial score (nSPS) is 10.1. The zero-order valence-corrected chi connectivity index (χ0v) is 12.3. The molecule has 1 rings (SSSR count). The van der Waals surface area contributed by atoms with Crippen LogP contribution in [0.2, 0.25) is 0 Å². The molecule has 0 aliphatic heterocycles. The van der Waals surface area contributed by atoms with Crippen molar-refractivity contribution in [3.05, 3.63) is 29.5 Å². The van der Waals surface area contributed by atoms with E-state index in [0.717, 1.165) is 29.8 Å². The molecule has 0 radical (unpaired) electrons. The van der Waals surface area contributed by atoms with Crippen molar-refractivity contribution in [2.24, 2.45) is 0 Å². The van der Waals surface area contributed by atoms with Crippen molar-refractivity contribution in [1.29, 1.82) is 0 Å². The third kappa shape index (κ3) is 5.13. The van der Waals surface area contributed by atoms with Crippen molar-refractivity contribution in [2.45, 2.75) is 33.6 Å². The lowest BCUT2D eigenvalue weighted by molar-refractivity contribution is 0.567. The van der Waals surface area contributed by atoms with E-state index in [1.165, 1.54) is 5.56 Å². The standard InChI is InChI=1S/C13H21N3.C2H6/c1-4-5-10-8-11(6-7-16(2)3)13(15)9-12(10)14;1-2/h6-9H,4-5,14-15H2,1-3H3;1-2H3/b7-6+;. The van der Waals surface area contributed by atoms with E-state index in [2.05, 4.69) is 13.0 Å². The molecule has 0 saturated heterocycles. The zero-order valence-electron chi connectivity index (χ0n) is 12.3. The summed E-state index contributed by atoms with van der Waals surface area (Å²) in [6.07, 6.45) is 6.07. The molecule has 0 aromatic heterocycles. The van der Waals surface area contributed by atoms with Crippen LogP contribution in [0.25, 0.3) is 6.08 Å². The van der Waals surface area contributed by atoms with Crippen molar-refractivity contribution in [2.75, 3.05) is 25.6 Å². The van der Waals surface area contributed by atoms with Crippen molar-refractivity contribution >= 4 is 17.5 Å². The fraction of sp³-hybridized carbons (Fsp3) is 0.467. The summed E-state index contributed by atoms with van der Waals surface area (Å²) in [6, 6.07) is 3.93. The average molecular weight is 249 g/mol. The molecule has 1 aromatic carbocycles. The quantitative estimate of drug-likeness (QED) is 0.804. The molecule has 0 heterocycles. The summed E-state index contributed by atoms with van der Waals surface area (Å²) in [5.41, 5.74) is 15.6. The topological polar surface area (TPSA) is 55.3 Å². The molecular formula is C15H27N3. The van der Waals surface area contributed by atoms with Gasteiger partial charge in [-0.3, -0.25) is 0 Å². The minimum atomic E-state index is 0.732. The number of rotatable bonds is 4. The summed E-state index contributed by atoms with van der Waals surface area (Å²) in [7, 11) is 3.97. The molecule has 3 heteroatoms. The highest BCUT2D eigenvalue weighted by molar-refractivity contribution is 5.70. The van der Waals surface area contributed by atoms with E-state index in [1.54, 1.807) is 0 Å². The largest absolute Gasteiger partial charge is 0.398 e. The first-order chi connectivity index (χ1) is 8.54. The van der Waals surface area contributed by atoms with Gasteiger partial charge in [0.15, 0.2) is 0 Å². The molecule has 102 valence electrons. The molecular weight excluding hydrogens is 222 g/mol. The Morgan fingerprint density at radius 2 is 1.72 bits per heavy atom. The van der Waals surface area contributed by atoms with Gasteiger partial charge in [0.25, 0.3) is 0 Å². The number of benzene rings is 1. The van der Waals surface area contributed by atoms with Gasteiger partial charge in [0, 0.05) is 25.5 Å². The summed E-state index contributed by atoms with van der Waals surface area (Å²) in [4.78, 5) is 1.98. The van der Waals surface area contributed by atoms with Crippen molar-refractivity contribution < 1.29 is 0 Å². The Labute approximate surface area is 111 Å². The van der Waals surface area contributed by atoms with Gasteiger partial charge in [-0.1, -0.05) is 27.2 Å². The van der Waals surface area contributed by atoms with Gasteiger partial charge >= 0.3 is 0 Å². The van der Waals surface area contributed by atoms with Gasteiger partial charge in [-0.05, 0) is 42.0 Å². The number of anilines is 2. The van der Waals surface area contributed by atoms with Crippen LogP contribution in [-0.2, 0) is 6.42 Å². The van der Waals surface area contributed by atoms with Crippen LogP contribution in [0.15, 0.2) is 18.3 Å². The molecule has 18 heavy (non-hydrogen) atoms. The number of hydrogen-bond acceptors (Lipinski definition) is 3. The minimum Gasteiger partial charge on any atom is -0.398 e. The van der Waals surface area contributed by atoms with E-state index in [1.807, 2.05) is 51.2 Å². The number of nitrogens with two attached hydrogens (primary N) is 2. The van der Waals surface area contributed by atoms with Crippen LogP contribution in [0.3, 0.4) is 0 Å². The highest BCUT2D eigenvalue weighted by atomic mass is 15.0. The number of nitrogens with zero attached hydrogens (tertiary/aromatic N) is 1. The Hall–Kier alpha value is -1.64. The maximum absolute atomic E-state index is 5.92. The lowest BCUT2D eigenvalue weighted by Gasteiger charge is -2.10. The van der Waals surface area contributed by atoms with Crippen LogP contribution in [0, 0.1) is 0 Å². The van der Waals surface area contributed by atoms with E-state index < -0.39 is 0 Å². The third-order valence-electron chi connectivity index (χ3n) is 2.42. The number of nitrogen functional groups attached to an aromatic ring is 2. The van der Waals surface area contributed by atoms with Crippen LogP contribution < -0.4 is 11.5 Å². The van der Waals surface area contributed by atoms with E-state index in [-0.39, 0.29) is 0 Å². The molecule has 0 spiro atoms. The maximum Gasteiger partial charge on any atom is 0.0409 e. The summed E-state index contributed by atoms with van der Waals surface area (Å²) >= 11 is 0. The second-order valence-corrected chi connectivity index (χ2v) is 4.21. The van der Waals surface area contributed by atoms with Gasteiger partial charge in [-0.15, -0.1) is 0 Å². The molecule has 0 amide bonds. The fourth-order valence-corrected chi connectivity index (χ4v) is 1.56. The SMILES string of the molecule is CC.CCCc1cc(/C=C/N(C)C)c(N)cc1N. The smallest absolute Gasteiger partial charge is 0.0409 e. The van der Waals surface area contributed by atoms with Crippen LogP contribution in [0.4, 0.5) is 11.4 Å². The average Bonchev–Trinajstić information content (AvgIpc) is 2.33. The molecule has 0 aliphatic rings. The molecule has 0 fully saturated rings. The van der Waals surface area contributed by atoms with E-state index >= 15 is 0 Å². The van der Waals surface area contributed by atoms with Gasteiger partial charge in [0.05, 0.1) is 0 Å². The Morgan fingerprint density at radius 3 is 2.22 bits per heavy atom. The van der Waals surface area contributed by atoms with Gasteiger partial charge in [0.2, 0.25) is 0 Å². The van der Waals surface area contributed by atoms with E-state index in [9.17, 15) is 0 Å². The van der Waals surface area contributed by atoms with E-state index in [4.69, 9.17) is 11.5 Å². The van der Waals surface area contributed by atoms with Crippen LogP contribution in [-0.4, -0.2) is 19.0 Å². The van der Waals surface area contributed by atoms with Gasteiger partial charge < -0.3 is 16.4 Å². The zero-order chi connectivity index (χ0) is 14.1. The lowest BCUT2D eigenvalue weighted by atomic mass is 10.0. The van der Waals surface area contributed by atoms with Crippen LogP contribution in [0.1, 0.15) is 38.3 Å². The molecule has 0 aliphatic carbocycles. The summed E-state index contributed by atoms with van der Waals surface area (Å²) in [6.45, 7) is 6.14. The van der Waals surface area contributed by atoms with Crippen molar-refractivity contribution in [3.8, 4) is 0 Å². The summed E-state index contributed by atoms with van der Waals surface area (Å²) in [5, 5.41) is 0. The van der Waals surface area contributed by atoms with Crippen LogP contribution in [0.5, 0.6) is 0 Å². The predicted molar refractivity (Wildman–Crippen MR) is 83.3 cm³/mol. The highest BCUT2D eigenvalue weighted by Crippen LogP contribution is 2.23. The second-order valence-electron chi connectivity index (χ2n) is 4.21. The van der Waals surface area contributed by atoms with Gasteiger partial charge in [-0.25, -0.2) is 0 Å². The molecule has 1 aromatic rings. The Balaban J connectivity index is 0.00000137. The highest BCUT2D eigenvalue weighted by Gasteiger charge is 2.03. The third-order valence-corrected chi connectivity index (χ3v) is 2.42. The second kappa shape index (κ2) is 8.45. The number of hydrogen-bond donors (Lipinski definition) is 2. The molecule has 0 unspecified atom stereocenters. The fourth-order valence-electron chi connectivity index (χ4n) is 1.56. The van der Waals surface area contributed by atoms with E-state index in [0.29, 0.717) is 0 Å². The Bertz CT molecular complexity index is 382. The Morgan fingerprint density at radius 1 is 1.11 bits per heavy atom. The molecule has 3 nitrogen and oxygen atoms in total. The van der Waals surface area contributed by atoms with Gasteiger partial charge in [0.1, 0.15) is 0 Å². The molecule has 0 saturated carbocycles. The summed E-state index contributed by atoms with van der Waals surface area (Å²) in [5.74, 6) is 0. The first-order valence-corrected chi connectivity index (χ1v) is 6.57. The van der Waals surface area contributed by atoms with Gasteiger partial charge in [-0.2, -0.15) is 0 Å². The van der Waals surface area contributed by atoms with Crippen molar-refractivity contribution in [3.63, 3.8) is 0 Å². The molecule has 0 atom stereocenters.